The van der Waals surface area contributed by atoms with Crippen LogP contribution in [0.1, 0.15) is 12.8 Å². The predicted octanol–water partition coefficient (Wildman–Crippen LogP) is -0.273. The first kappa shape index (κ1) is 6.71. The molecule has 0 radical (unpaired) electrons. The molecule has 0 aromatic heterocycles. The van der Waals surface area contributed by atoms with E-state index in [1.54, 1.807) is 0 Å². The second-order valence-electron chi connectivity index (χ2n) is 2.33. The maximum atomic E-state index is 10.2. The summed E-state index contributed by atoms with van der Waals surface area (Å²) in [4.78, 5) is 10.2. The molecule has 1 N–H and O–H groups in total. The van der Waals surface area contributed by atoms with Gasteiger partial charge in [0, 0.05) is 26.1 Å². The summed E-state index contributed by atoms with van der Waals surface area (Å²) in [6.45, 7) is 0.991. The van der Waals surface area contributed by atoms with Gasteiger partial charge in [-0.05, 0) is 0 Å². The molecule has 0 unspecified atom stereocenters. The molecule has 9 heavy (non-hydrogen) atoms. The number of hydrogen-bond donors (Lipinski definition) is 1. The second-order valence-corrected chi connectivity index (χ2v) is 2.33. The van der Waals surface area contributed by atoms with Gasteiger partial charge >= 0.3 is 0 Å². The molecular weight excluding hydrogens is 120 g/mol. The van der Waals surface area contributed by atoms with E-state index >= 15 is 0 Å². The van der Waals surface area contributed by atoms with Crippen molar-refractivity contribution in [3.05, 3.63) is 0 Å². The molecule has 0 bridgehead atoms. The van der Waals surface area contributed by atoms with Gasteiger partial charge in [0.15, 0.2) is 6.29 Å². The Morgan fingerprint density at radius 1 is 1.44 bits per heavy atom. The summed E-state index contributed by atoms with van der Waals surface area (Å²) in [5, 5.41) is 9.23. The van der Waals surface area contributed by atoms with Gasteiger partial charge in [-0.2, -0.15) is 0 Å². The molecule has 1 saturated heterocycles. The van der Waals surface area contributed by atoms with Gasteiger partial charge in [0.05, 0.1) is 0 Å². The van der Waals surface area contributed by atoms with Gasteiger partial charge in [0.1, 0.15) is 5.60 Å². The third-order valence-corrected chi connectivity index (χ3v) is 1.58. The number of ether oxygens (including phenoxy) is 1. The minimum absolute atomic E-state index is 0.441. The summed E-state index contributed by atoms with van der Waals surface area (Å²) in [6.07, 6.45) is 1.49. The lowest BCUT2D eigenvalue weighted by atomic mass is 9.97. The second kappa shape index (κ2) is 2.45. The number of carbonyl (C=O) groups is 1. The molecule has 0 aromatic carbocycles. The lowest BCUT2D eigenvalue weighted by Gasteiger charge is -2.25. The van der Waals surface area contributed by atoms with Crippen LogP contribution in [0.25, 0.3) is 0 Å². The van der Waals surface area contributed by atoms with Crippen LogP contribution in [0.15, 0.2) is 0 Å². The zero-order chi connectivity index (χ0) is 6.74. The summed E-state index contributed by atoms with van der Waals surface area (Å²) in [6, 6.07) is 0. The highest BCUT2D eigenvalue weighted by Crippen LogP contribution is 2.16. The summed E-state index contributed by atoms with van der Waals surface area (Å²) < 4.78 is 4.95. The topological polar surface area (TPSA) is 46.5 Å². The van der Waals surface area contributed by atoms with Crippen LogP contribution in [-0.2, 0) is 9.53 Å². The molecule has 0 aromatic rings. The Labute approximate surface area is 53.6 Å². The quantitative estimate of drug-likeness (QED) is 0.497. The van der Waals surface area contributed by atoms with Crippen molar-refractivity contribution in [3.8, 4) is 0 Å². The van der Waals surface area contributed by atoms with Crippen LogP contribution in [0.3, 0.4) is 0 Å². The zero-order valence-corrected chi connectivity index (χ0v) is 5.17. The minimum atomic E-state index is -1.09. The third-order valence-electron chi connectivity index (χ3n) is 1.58. The fraction of sp³-hybridized carbons (Fsp3) is 0.833. The van der Waals surface area contributed by atoms with Crippen molar-refractivity contribution in [1.29, 1.82) is 0 Å². The van der Waals surface area contributed by atoms with Crippen molar-refractivity contribution in [2.75, 3.05) is 13.2 Å². The van der Waals surface area contributed by atoms with Crippen molar-refractivity contribution in [2.24, 2.45) is 0 Å². The monoisotopic (exact) mass is 130 g/mol. The van der Waals surface area contributed by atoms with Gasteiger partial charge in [-0.1, -0.05) is 0 Å². The van der Waals surface area contributed by atoms with Crippen molar-refractivity contribution in [2.45, 2.75) is 18.4 Å². The first-order chi connectivity index (χ1) is 4.27. The average Bonchev–Trinajstić information content (AvgIpc) is 1.90. The maximum absolute atomic E-state index is 10.2. The van der Waals surface area contributed by atoms with E-state index in [9.17, 15) is 9.90 Å². The van der Waals surface area contributed by atoms with E-state index in [1.807, 2.05) is 0 Å². The van der Waals surface area contributed by atoms with E-state index in [1.165, 1.54) is 0 Å². The van der Waals surface area contributed by atoms with Crippen LogP contribution in [0.5, 0.6) is 0 Å². The third kappa shape index (κ3) is 1.50. The smallest absolute Gasteiger partial charge is 0.151 e. The number of hydrogen-bond acceptors (Lipinski definition) is 3. The van der Waals surface area contributed by atoms with Gasteiger partial charge in [-0.15, -0.1) is 0 Å². The minimum Gasteiger partial charge on any atom is -0.382 e. The SMILES string of the molecule is O=CC1(O)CCOCC1. The van der Waals surface area contributed by atoms with Gasteiger partial charge in [0.25, 0.3) is 0 Å². The number of carbonyl (C=O) groups excluding carboxylic acids is 1. The van der Waals surface area contributed by atoms with E-state index in [0.29, 0.717) is 32.3 Å². The van der Waals surface area contributed by atoms with E-state index in [-0.39, 0.29) is 0 Å². The predicted molar refractivity (Wildman–Crippen MR) is 31.1 cm³/mol. The molecular formula is C6H10O3. The molecule has 0 amide bonds. The van der Waals surface area contributed by atoms with Gasteiger partial charge < -0.3 is 14.6 Å². The first-order valence-corrected chi connectivity index (χ1v) is 3.03. The van der Waals surface area contributed by atoms with E-state index < -0.39 is 5.60 Å². The van der Waals surface area contributed by atoms with Crippen molar-refractivity contribution < 1.29 is 14.6 Å². The highest BCUT2D eigenvalue weighted by Gasteiger charge is 2.28. The molecule has 1 fully saturated rings. The van der Waals surface area contributed by atoms with Crippen LogP contribution < -0.4 is 0 Å². The molecule has 1 aliphatic heterocycles. The molecule has 3 heteroatoms. The molecule has 1 aliphatic rings. The summed E-state index contributed by atoms with van der Waals surface area (Å²) in [5.74, 6) is 0. The van der Waals surface area contributed by atoms with Crippen molar-refractivity contribution in [1.82, 2.24) is 0 Å². The highest BCUT2D eigenvalue weighted by molar-refractivity contribution is 5.62. The highest BCUT2D eigenvalue weighted by atomic mass is 16.5. The van der Waals surface area contributed by atoms with Crippen LogP contribution in [0.4, 0.5) is 0 Å². The summed E-state index contributed by atoms with van der Waals surface area (Å²) in [7, 11) is 0. The Bertz CT molecular complexity index is 105. The van der Waals surface area contributed by atoms with E-state index in [2.05, 4.69) is 0 Å². The summed E-state index contributed by atoms with van der Waals surface area (Å²) in [5.41, 5.74) is -1.09. The summed E-state index contributed by atoms with van der Waals surface area (Å²) >= 11 is 0. The van der Waals surface area contributed by atoms with Gasteiger partial charge in [-0.25, -0.2) is 0 Å². The fourth-order valence-electron chi connectivity index (χ4n) is 0.843. The lowest BCUT2D eigenvalue weighted by Crippen LogP contribution is -2.37. The molecule has 1 heterocycles. The molecule has 3 nitrogen and oxygen atoms in total. The van der Waals surface area contributed by atoms with E-state index in [0.717, 1.165) is 0 Å². The average molecular weight is 130 g/mol. The number of aldehydes is 1. The zero-order valence-electron chi connectivity index (χ0n) is 5.17. The molecule has 52 valence electrons. The van der Waals surface area contributed by atoms with Crippen molar-refractivity contribution >= 4 is 6.29 Å². The van der Waals surface area contributed by atoms with Crippen LogP contribution in [-0.4, -0.2) is 30.2 Å². The van der Waals surface area contributed by atoms with Crippen LogP contribution >= 0.6 is 0 Å². The number of aliphatic hydroxyl groups is 1. The molecule has 0 aliphatic carbocycles. The van der Waals surface area contributed by atoms with Gasteiger partial charge in [0.2, 0.25) is 0 Å². The largest absolute Gasteiger partial charge is 0.382 e. The fourth-order valence-corrected chi connectivity index (χ4v) is 0.843. The van der Waals surface area contributed by atoms with Crippen molar-refractivity contribution in [3.63, 3.8) is 0 Å². The standard InChI is InChI=1S/C6H10O3/c7-5-6(8)1-3-9-4-2-6/h5,8H,1-4H2. The Hall–Kier alpha value is -0.410. The lowest BCUT2D eigenvalue weighted by molar-refractivity contribution is -0.133. The Morgan fingerprint density at radius 3 is 2.33 bits per heavy atom. The van der Waals surface area contributed by atoms with E-state index in [4.69, 9.17) is 4.74 Å². The molecule has 0 spiro atoms. The maximum Gasteiger partial charge on any atom is 0.151 e. The number of rotatable bonds is 1. The normalized spacial score (nSPS) is 25.4. The molecule has 0 atom stereocenters. The van der Waals surface area contributed by atoms with Gasteiger partial charge in [-0.3, -0.25) is 0 Å². The Balaban J connectivity index is 2.46. The molecule has 1 rings (SSSR count). The first-order valence-electron chi connectivity index (χ1n) is 3.03. The van der Waals surface area contributed by atoms with Crippen LogP contribution in [0, 0.1) is 0 Å². The Kier molecular flexibility index (Phi) is 1.83. The van der Waals surface area contributed by atoms with Crippen LogP contribution in [0.2, 0.25) is 0 Å². The Morgan fingerprint density at radius 2 is 2.00 bits per heavy atom. The molecule has 0 saturated carbocycles.